The summed E-state index contributed by atoms with van der Waals surface area (Å²) in [4.78, 5) is 23.7. The Morgan fingerprint density at radius 3 is 2.63 bits per heavy atom. The van der Waals surface area contributed by atoms with Gasteiger partial charge in [0.15, 0.2) is 6.29 Å². The van der Waals surface area contributed by atoms with Crippen molar-refractivity contribution in [2.75, 3.05) is 11.4 Å². The van der Waals surface area contributed by atoms with Crippen molar-refractivity contribution < 1.29 is 9.72 Å². The molecule has 0 aromatic heterocycles. The normalized spacial score (nSPS) is 14.5. The molecular formula is C14H18N2O3. The van der Waals surface area contributed by atoms with Crippen LogP contribution < -0.4 is 4.90 Å². The fourth-order valence-corrected chi connectivity index (χ4v) is 2.24. The molecule has 19 heavy (non-hydrogen) atoms. The Morgan fingerprint density at radius 2 is 2.16 bits per heavy atom. The van der Waals surface area contributed by atoms with Gasteiger partial charge in [-0.1, -0.05) is 13.8 Å². The summed E-state index contributed by atoms with van der Waals surface area (Å²) in [7, 11) is 0. The van der Waals surface area contributed by atoms with Crippen LogP contribution in [0.4, 0.5) is 11.4 Å². The van der Waals surface area contributed by atoms with Crippen LogP contribution in [0.15, 0.2) is 18.2 Å². The maximum atomic E-state index is 11.2. The van der Waals surface area contributed by atoms with Crippen LogP contribution in [0.1, 0.15) is 37.0 Å². The Morgan fingerprint density at radius 1 is 1.47 bits per heavy atom. The number of hydrogen-bond acceptors (Lipinski definition) is 4. The second-order valence-corrected chi connectivity index (χ2v) is 5.40. The molecule has 1 aliphatic rings. The Kier molecular flexibility index (Phi) is 3.83. The lowest BCUT2D eigenvalue weighted by Gasteiger charge is -2.27. The van der Waals surface area contributed by atoms with Crippen molar-refractivity contribution >= 4 is 17.7 Å². The minimum absolute atomic E-state index is 0.0360. The van der Waals surface area contributed by atoms with Crippen LogP contribution in [0.5, 0.6) is 0 Å². The van der Waals surface area contributed by atoms with E-state index in [0.717, 1.165) is 25.1 Å². The van der Waals surface area contributed by atoms with Crippen LogP contribution in [0.25, 0.3) is 0 Å². The Labute approximate surface area is 112 Å². The fraction of sp³-hybridized carbons (Fsp3) is 0.500. The molecule has 1 fully saturated rings. The third-order valence-corrected chi connectivity index (χ3v) is 3.21. The monoisotopic (exact) mass is 262 g/mol. The van der Waals surface area contributed by atoms with E-state index in [-0.39, 0.29) is 5.69 Å². The lowest BCUT2D eigenvalue weighted by molar-refractivity contribution is -0.384. The highest BCUT2D eigenvalue weighted by atomic mass is 16.6. The summed E-state index contributed by atoms with van der Waals surface area (Å²) in [6.07, 6.45) is 2.96. The quantitative estimate of drug-likeness (QED) is 0.449. The maximum absolute atomic E-state index is 11.2. The SMILES string of the molecule is CC(C)CN(c1ccc([N+](=O)[O-])cc1C=O)C1CC1. The summed E-state index contributed by atoms with van der Waals surface area (Å²) in [5.74, 6) is 0.482. The Balaban J connectivity index is 2.35. The Bertz CT molecular complexity index is 495. The van der Waals surface area contributed by atoms with E-state index in [1.54, 1.807) is 6.07 Å². The van der Waals surface area contributed by atoms with Crippen molar-refractivity contribution in [1.29, 1.82) is 0 Å². The standard InChI is InChI=1S/C14H18N2O3/c1-10(2)8-15(12-3-4-12)14-6-5-13(16(18)19)7-11(14)9-17/h5-7,9-10,12H,3-4,8H2,1-2H3. The molecule has 0 atom stereocenters. The maximum Gasteiger partial charge on any atom is 0.270 e. The molecule has 5 heteroatoms. The van der Waals surface area contributed by atoms with Gasteiger partial charge in [0.2, 0.25) is 0 Å². The number of nitrogens with zero attached hydrogens (tertiary/aromatic N) is 2. The van der Waals surface area contributed by atoms with E-state index >= 15 is 0 Å². The summed E-state index contributed by atoms with van der Waals surface area (Å²) in [6.45, 7) is 5.12. The molecule has 0 amide bonds. The number of rotatable bonds is 6. The number of carbonyl (C=O) groups excluding carboxylic acids is 1. The predicted octanol–water partition coefficient (Wildman–Crippen LogP) is 3.03. The van der Waals surface area contributed by atoms with E-state index in [2.05, 4.69) is 18.7 Å². The summed E-state index contributed by atoms with van der Waals surface area (Å²) < 4.78 is 0. The van der Waals surface area contributed by atoms with Gasteiger partial charge in [-0.3, -0.25) is 14.9 Å². The minimum atomic E-state index is -0.472. The van der Waals surface area contributed by atoms with Crippen molar-refractivity contribution in [3.05, 3.63) is 33.9 Å². The van der Waals surface area contributed by atoms with Crippen molar-refractivity contribution in [3.63, 3.8) is 0 Å². The van der Waals surface area contributed by atoms with Gasteiger partial charge in [-0.05, 0) is 24.8 Å². The molecule has 0 unspecified atom stereocenters. The molecule has 0 radical (unpaired) electrons. The second-order valence-electron chi connectivity index (χ2n) is 5.40. The van der Waals surface area contributed by atoms with Gasteiger partial charge in [-0.15, -0.1) is 0 Å². The highest BCUT2D eigenvalue weighted by molar-refractivity contribution is 5.86. The van der Waals surface area contributed by atoms with E-state index in [1.165, 1.54) is 12.1 Å². The lowest BCUT2D eigenvalue weighted by Crippen LogP contribution is -2.30. The van der Waals surface area contributed by atoms with Crippen molar-refractivity contribution in [2.45, 2.75) is 32.7 Å². The number of aldehydes is 1. The van der Waals surface area contributed by atoms with Crippen molar-refractivity contribution in [2.24, 2.45) is 5.92 Å². The van der Waals surface area contributed by atoms with Crippen LogP contribution in [0.3, 0.4) is 0 Å². The molecule has 0 bridgehead atoms. The molecule has 2 rings (SSSR count). The van der Waals surface area contributed by atoms with Gasteiger partial charge in [0.05, 0.1) is 4.92 Å². The minimum Gasteiger partial charge on any atom is -0.368 e. The van der Waals surface area contributed by atoms with E-state index in [9.17, 15) is 14.9 Å². The second kappa shape index (κ2) is 5.38. The average molecular weight is 262 g/mol. The lowest BCUT2D eigenvalue weighted by atomic mass is 10.1. The first-order valence-electron chi connectivity index (χ1n) is 6.53. The largest absolute Gasteiger partial charge is 0.368 e. The number of benzene rings is 1. The zero-order valence-electron chi connectivity index (χ0n) is 11.2. The van der Waals surface area contributed by atoms with Gasteiger partial charge in [0, 0.05) is 36.0 Å². The molecule has 0 heterocycles. The van der Waals surface area contributed by atoms with Gasteiger partial charge in [-0.2, -0.15) is 0 Å². The molecule has 0 saturated heterocycles. The molecule has 1 saturated carbocycles. The predicted molar refractivity (Wildman–Crippen MR) is 73.7 cm³/mol. The summed E-state index contributed by atoms with van der Waals surface area (Å²) in [6, 6.07) is 5.00. The smallest absolute Gasteiger partial charge is 0.270 e. The molecule has 1 aliphatic carbocycles. The number of nitro benzene ring substituents is 1. The first-order valence-corrected chi connectivity index (χ1v) is 6.53. The van der Waals surface area contributed by atoms with Crippen LogP contribution in [-0.4, -0.2) is 23.8 Å². The van der Waals surface area contributed by atoms with E-state index in [1.807, 2.05) is 0 Å². The summed E-state index contributed by atoms with van der Waals surface area (Å²) in [5, 5.41) is 10.8. The number of carbonyl (C=O) groups is 1. The highest BCUT2D eigenvalue weighted by Gasteiger charge is 2.31. The van der Waals surface area contributed by atoms with Crippen molar-refractivity contribution in [1.82, 2.24) is 0 Å². The van der Waals surface area contributed by atoms with Crippen LogP contribution in [0.2, 0.25) is 0 Å². The first-order chi connectivity index (χ1) is 9.02. The number of anilines is 1. The van der Waals surface area contributed by atoms with Crippen LogP contribution >= 0.6 is 0 Å². The van der Waals surface area contributed by atoms with Crippen molar-refractivity contribution in [3.8, 4) is 0 Å². The highest BCUT2D eigenvalue weighted by Crippen LogP contribution is 2.35. The third kappa shape index (κ3) is 3.10. The summed E-state index contributed by atoms with van der Waals surface area (Å²) >= 11 is 0. The number of non-ortho nitro benzene ring substituents is 1. The van der Waals surface area contributed by atoms with Gasteiger partial charge in [0.25, 0.3) is 5.69 Å². The van der Waals surface area contributed by atoms with Gasteiger partial charge < -0.3 is 4.90 Å². The van der Waals surface area contributed by atoms with Gasteiger partial charge in [0.1, 0.15) is 0 Å². The molecule has 0 aliphatic heterocycles. The molecule has 1 aromatic rings. The first kappa shape index (κ1) is 13.5. The molecule has 5 nitrogen and oxygen atoms in total. The Hall–Kier alpha value is -1.91. The summed E-state index contributed by atoms with van der Waals surface area (Å²) in [5.41, 5.74) is 1.18. The third-order valence-electron chi connectivity index (χ3n) is 3.21. The zero-order valence-corrected chi connectivity index (χ0v) is 11.2. The fourth-order valence-electron chi connectivity index (χ4n) is 2.24. The molecule has 1 aromatic carbocycles. The van der Waals surface area contributed by atoms with Gasteiger partial charge in [-0.25, -0.2) is 0 Å². The molecule has 102 valence electrons. The van der Waals surface area contributed by atoms with Crippen LogP contribution in [0, 0.1) is 16.0 Å². The zero-order chi connectivity index (χ0) is 14.0. The number of nitro groups is 1. The van der Waals surface area contributed by atoms with E-state index < -0.39 is 4.92 Å². The molecular weight excluding hydrogens is 244 g/mol. The topological polar surface area (TPSA) is 63.4 Å². The van der Waals surface area contributed by atoms with Crippen LogP contribution in [-0.2, 0) is 0 Å². The van der Waals surface area contributed by atoms with Gasteiger partial charge >= 0.3 is 0 Å². The molecule has 0 N–H and O–H groups in total. The van der Waals surface area contributed by atoms with E-state index in [0.29, 0.717) is 23.8 Å². The molecule has 0 spiro atoms. The number of hydrogen-bond donors (Lipinski definition) is 0. The van der Waals surface area contributed by atoms with E-state index in [4.69, 9.17) is 0 Å². The average Bonchev–Trinajstić information content (AvgIpc) is 3.19.